The number of aliphatic carboxylic acids is 1. The fourth-order valence-electron chi connectivity index (χ4n) is 1.38. The van der Waals surface area contributed by atoms with Crippen LogP contribution in [0.1, 0.15) is 5.56 Å². The van der Waals surface area contributed by atoms with E-state index in [4.69, 9.17) is 9.84 Å². The molecule has 0 saturated carbocycles. The lowest BCUT2D eigenvalue weighted by Gasteiger charge is -2.08. The molecule has 1 rings (SSSR count). The van der Waals surface area contributed by atoms with Crippen molar-refractivity contribution >= 4 is 33.6 Å². The molecule has 0 spiro atoms. The van der Waals surface area contributed by atoms with Gasteiger partial charge in [0.25, 0.3) is 0 Å². The monoisotopic (exact) mass is 330 g/mol. The van der Waals surface area contributed by atoms with Gasteiger partial charge in [-0.1, -0.05) is 15.9 Å². The molecule has 0 aliphatic heterocycles. The molecule has 1 aromatic carbocycles. The Hall–Kier alpha value is -1.60. The van der Waals surface area contributed by atoms with Crippen molar-refractivity contribution in [3.63, 3.8) is 0 Å². The Morgan fingerprint density at radius 2 is 2.11 bits per heavy atom. The third kappa shape index (κ3) is 6.78. The second-order valence-electron chi connectivity index (χ2n) is 3.84. The van der Waals surface area contributed by atoms with Gasteiger partial charge >= 0.3 is 12.0 Å². The summed E-state index contributed by atoms with van der Waals surface area (Å²) in [6, 6.07) is 5.19. The van der Waals surface area contributed by atoms with Gasteiger partial charge in [0.05, 0.1) is 6.61 Å². The number of rotatable bonds is 6. The van der Waals surface area contributed by atoms with E-state index in [1.54, 1.807) is 6.07 Å². The maximum absolute atomic E-state index is 11.5. The number of carbonyl (C=O) groups is 2. The van der Waals surface area contributed by atoms with Gasteiger partial charge in [-0.25, -0.2) is 9.59 Å². The first kappa shape index (κ1) is 15.5. The summed E-state index contributed by atoms with van der Waals surface area (Å²) >= 11 is 3.34. The topological polar surface area (TPSA) is 87.7 Å². The smallest absolute Gasteiger partial charge is 0.329 e. The van der Waals surface area contributed by atoms with Gasteiger partial charge in [-0.2, -0.15) is 0 Å². The van der Waals surface area contributed by atoms with Gasteiger partial charge in [-0.3, -0.25) is 0 Å². The lowest BCUT2D eigenvalue weighted by molar-refractivity contribution is -0.142. The van der Waals surface area contributed by atoms with E-state index < -0.39 is 5.97 Å². The molecule has 0 aliphatic rings. The molecule has 1 aromatic rings. The van der Waals surface area contributed by atoms with Crippen LogP contribution in [0, 0.1) is 6.92 Å². The lowest BCUT2D eigenvalue weighted by Crippen LogP contribution is -2.32. The predicted molar refractivity (Wildman–Crippen MR) is 74.4 cm³/mol. The maximum atomic E-state index is 11.5. The molecule has 2 amide bonds. The van der Waals surface area contributed by atoms with Crippen molar-refractivity contribution < 1.29 is 19.4 Å². The summed E-state index contributed by atoms with van der Waals surface area (Å²) in [7, 11) is 0. The van der Waals surface area contributed by atoms with E-state index in [0.717, 1.165) is 10.0 Å². The van der Waals surface area contributed by atoms with Gasteiger partial charge in [-0.05, 0) is 30.7 Å². The Labute approximate surface area is 119 Å². The summed E-state index contributed by atoms with van der Waals surface area (Å²) < 4.78 is 5.67. The molecule has 7 heteroatoms. The van der Waals surface area contributed by atoms with Crippen LogP contribution >= 0.6 is 15.9 Å². The highest BCUT2D eigenvalue weighted by molar-refractivity contribution is 9.10. The van der Waals surface area contributed by atoms with Gasteiger partial charge < -0.3 is 20.5 Å². The molecule has 6 nitrogen and oxygen atoms in total. The van der Waals surface area contributed by atoms with E-state index in [-0.39, 0.29) is 25.8 Å². The highest BCUT2D eigenvalue weighted by atomic mass is 79.9. The zero-order valence-electron chi connectivity index (χ0n) is 10.4. The molecule has 0 heterocycles. The van der Waals surface area contributed by atoms with Gasteiger partial charge in [0.2, 0.25) is 0 Å². The van der Waals surface area contributed by atoms with Gasteiger partial charge in [-0.15, -0.1) is 0 Å². The van der Waals surface area contributed by atoms with Crippen molar-refractivity contribution in [2.75, 3.05) is 25.1 Å². The second kappa shape index (κ2) is 7.75. The van der Waals surface area contributed by atoms with E-state index in [9.17, 15) is 9.59 Å². The van der Waals surface area contributed by atoms with Crippen molar-refractivity contribution in [1.29, 1.82) is 0 Å². The minimum atomic E-state index is -1.03. The Balaban J connectivity index is 2.29. The Morgan fingerprint density at radius 1 is 1.37 bits per heavy atom. The number of halogens is 1. The molecule has 0 atom stereocenters. The molecule has 0 radical (unpaired) electrons. The average Bonchev–Trinajstić information content (AvgIpc) is 2.26. The number of anilines is 1. The van der Waals surface area contributed by atoms with Crippen LogP contribution in [0.5, 0.6) is 0 Å². The molecule has 0 fully saturated rings. The first-order valence-corrected chi connectivity index (χ1v) is 6.38. The van der Waals surface area contributed by atoms with E-state index in [1.165, 1.54) is 0 Å². The van der Waals surface area contributed by atoms with Crippen molar-refractivity contribution in [2.45, 2.75) is 6.92 Å². The Kier molecular flexibility index (Phi) is 6.31. The molecular weight excluding hydrogens is 316 g/mol. The number of amides is 2. The molecule has 104 valence electrons. The summed E-state index contributed by atoms with van der Waals surface area (Å²) in [6.07, 6.45) is 0. The van der Waals surface area contributed by atoms with Gasteiger partial charge in [0.15, 0.2) is 0 Å². The normalized spacial score (nSPS) is 10.0. The van der Waals surface area contributed by atoms with Crippen LogP contribution in [-0.4, -0.2) is 36.9 Å². The molecule has 19 heavy (non-hydrogen) atoms. The quantitative estimate of drug-likeness (QED) is 0.696. The number of ether oxygens (including phenoxy) is 1. The number of urea groups is 1. The Morgan fingerprint density at radius 3 is 2.74 bits per heavy atom. The minimum absolute atomic E-state index is 0.150. The Bertz CT molecular complexity index is 445. The van der Waals surface area contributed by atoms with Gasteiger partial charge in [0.1, 0.15) is 6.61 Å². The van der Waals surface area contributed by atoms with Crippen LogP contribution in [0.2, 0.25) is 0 Å². The van der Waals surface area contributed by atoms with Crippen molar-refractivity contribution in [3.8, 4) is 0 Å². The fourth-order valence-corrected chi connectivity index (χ4v) is 1.99. The predicted octanol–water partition coefficient (Wildman–Crippen LogP) is 1.98. The number of nitrogens with one attached hydrogen (secondary N) is 2. The second-order valence-corrected chi connectivity index (χ2v) is 4.76. The highest BCUT2D eigenvalue weighted by Gasteiger charge is 2.03. The molecule has 0 saturated heterocycles. The van der Waals surface area contributed by atoms with Crippen molar-refractivity contribution in [3.05, 3.63) is 28.2 Å². The number of carboxylic acids is 1. The third-order valence-corrected chi connectivity index (χ3v) is 2.52. The van der Waals surface area contributed by atoms with Crippen LogP contribution in [-0.2, 0) is 9.53 Å². The number of carboxylic acid groups (broad SMARTS) is 1. The summed E-state index contributed by atoms with van der Waals surface area (Å²) in [5.41, 5.74) is 1.70. The number of benzene rings is 1. The largest absolute Gasteiger partial charge is 0.480 e. The summed E-state index contributed by atoms with van der Waals surface area (Å²) in [5.74, 6) is -1.03. The highest BCUT2D eigenvalue weighted by Crippen LogP contribution is 2.18. The summed E-state index contributed by atoms with van der Waals surface area (Å²) in [6.45, 7) is 1.95. The van der Waals surface area contributed by atoms with Crippen molar-refractivity contribution in [1.82, 2.24) is 5.32 Å². The molecule has 0 aromatic heterocycles. The zero-order valence-corrected chi connectivity index (χ0v) is 12.0. The van der Waals surface area contributed by atoms with E-state index in [2.05, 4.69) is 26.6 Å². The first-order chi connectivity index (χ1) is 8.97. The van der Waals surface area contributed by atoms with E-state index in [0.29, 0.717) is 5.69 Å². The molecule has 3 N–H and O–H groups in total. The SMILES string of the molecule is Cc1cc(Br)cc(NC(=O)NCCOCC(=O)O)c1. The number of aryl methyl sites for hydroxylation is 1. The first-order valence-electron chi connectivity index (χ1n) is 5.59. The van der Waals surface area contributed by atoms with Crippen LogP contribution in [0.25, 0.3) is 0 Å². The fraction of sp³-hybridized carbons (Fsp3) is 0.333. The molecule has 0 unspecified atom stereocenters. The summed E-state index contributed by atoms with van der Waals surface area (Å²) in [4.78, 5) is 21.7. The molecular formula is C12H15BrN2O4. The third-order valence-electron chi connectivity index (χ3n) is 2.06. The van der Waals surface area contributed by atoms with E-state index >= 15 is 0 Å². The zero-order chi connectivity index (χ0) is 14.3. The van der Waals surface area contributed by atoms with E-state index in [1.807, 2.05) is 19.1 Å². The summed E-state index contributed by atoms with van der Waals surface area (Å²) in [5, 5.41) is 13.6. The average molecular weight is 331 g/mol. The maximum Gasteiger partial charge on any atom is 0.329 e. The van der Waals surface area contributed by atoms with Crippen LogP contribution in [0.4, 0.5) is 10.5 Å². The number of hydrogen-bond acceptors (Lipinski definition) is 3. The van der Waals surface area contributed by atoms with Gasteiger partial charge in [0, 0.05) is 16.7 Å². The minimum Gasteiger partial charge on any atom is -0.480 e. The van der Waals surface area contributed by atoms with Crippen LogP contribution in [0.3, 0.4) is 0 Å². The standard InChI is InChI=1S/C12H15BrN2O4/c1-8-4-9(13)6-10(5-8)15-12(18)14-2-3-19-7-11(16)17/h4-6H,2-3,7H2,1H3,(H,16,17)(H2,14,15,18). The molecule has 0 bridgehead atoms. The molecule has 0 aliphatic carbocycles. The number of carbonyl (C=O) groups excluding carboxylic acids is 1. The lowest BCUT2D eigenvalue weighted by atomic mass is 10.2. The van der Waals surface area contributed by atoms with Crippen LogP contribution < -0.4 is 10.6 Å². The number of hydrogen-bond donors (Lipinski definition) is 3. The van der Waals surface area contributed by atoms with Crippen LogP contribution in [0.15, 0.2) is 22.7 Å². The van der Waals surface area contributed by atoms with Crippen molar-refractivity contribution in [2.24, 2.45) is 0 Å².